The topological polar surface area (TPSA) is 99.0 Å². The van der Waals surface area contributed by atoms with Gasteiger partial charge >= 0.3 is 0 Å². The van der Waals surface area contributed by atoms with Crippen LogP contribution in [0.1, 0.15) is 50.7 Å². The molecule has 0 aliphatic carbocycles. The van der Waals surface area contributed by atoms with Crippen molar-refractivity contribution in [2.24, 2.45) is 5.73 Å². The van der Waals surface area contributed by atoms with Crippen LogP contribution in [0.2, 0.25) is 0 Å². The lowest BCUT2D eigenvalue weighted by Gasteiger charge is -2.37. The van der Waals surface area contributed by atoms with Gasteiger partial charge in [-0.3, -0.25) is 19.8 Å². The second-order valence-electron chi connectivity index (χ2n) is 13.0. The molecule has 2 atom stereocenters. The third-order valence-corrected chi connectivity index (χ3v) is 9.22. The molecule has 0 spiro atoms. The Labute approximate surface area is 293 Å². The monoisotopic (exact) mass is 749 g/mol. The average molecular weight is 750 g/mol. The van der Waals surface area contributed by atoms with Crippen molar-refractivity contribution in [3.63, 3.8) is 0 Å². The highest BCUT2D eigenvalue weighted by molar-refractivity contribution is 14.1. The summed E-state index contributed by atoms with van der Waals surface area (Å²) in [4.78, 5) is 45.3. The zero-order valence-corrected chi connectivity index (χ0v) is 29.9. The summed E-state index contributed by atoms with van der Waals surface area (Å²) >= 11 is 2.15. The predicted molar refractivity (Wildman–Crippen MR) is 197 cm³/mol. The molecule has 1 unspecified atom stereocenters. The minimum absolute atomic E-state index is 0.217. The Balaban J connectivity index is 1.65. The van der Waals surface area contributed by atoms with Gasteiger partial charge in [0.25, 0.3) is 5.91 Å². The molecule has 3 aromatic rings. The van der Waals surface area contributed by atoms with Gasteiger partial charge in [0.05, 0.1) is 4.55 Å². The van der Waals surface area contributed by atoms with Crippen molar-refractivity contribution < 1.29 is 14.4 Å². The molecular formula is C38H48IN5O3. The van der Waals surface area contributed by atoms with Gasteiger partial charge < -0.3 is 15.5 Å². The normalized spacial score (nSPS) is 15.2. The molecule has 8 nitrogen and oxygen atoms in total. The van der Waals surface area contributed by atoms with E-state index >= 15 is 0 Å². The number of amides is 3. The van der Waals surface area contributed by atoms with E-state index in [-0.39, 0.29) is 22.3 Å². The van der Waals surface area contributed by atoms with Crippen LogP contribution in [0.5, 0.6) is 0 Å². The van der Waals surface area contributed by atoms with E-state index in [4.69, 9.17) is 5.73 Å². The van der Waals surface area contributed by atoms with Crippen LogP contribution in [0.3, 0.4) is 0 Å². The zero-order valence-electron chi connectivity index (χ0n) is 27.8. The molecule has 250 valence electrons. The van der Waals surface area contributed by atoms with E-state index in [0.29, 0.717) is 19.3 Å². The van der Waals surface area contributed by atoms with Gasteiger partial charge in [-0.2, -0.15) is 0 Å². The molecule has 0 radical (unpaired) electrons. The molecule has 9 heteroatoms. The van der Waals surface area contributed by atoms with Gasteiger partial charge in [0.15, 0.2) is 0 Å². The highest BCUT2D eigenvalue weighted by Crippen LogP contribution is 2.22. The number of likely N-dealkylation sites (N-methyl/N-ethyl adjacent to an activating group) is 1. The van der Waals surface area contributed by atoms with E-state index in [0.717, 1.165) is 54.6 Å². The Morgan fingerprint density at radius 3 is 2.00 bits per heavy atom. The molecule has 1 heterocycles. The highest BCUT2D eigenvalue weighted by atomic mass is 127. The van der Waals surface area contributed by atoms with Gasteiger partial charge in [0.2, 0.25) is 11.8 Å². The standard InChI is InChI=1S/C38H48IN5O3/c1-38(2,40)23-13-18-35(45)42(3)34(27-30-19-21-32(22-20-30)31-16-9-5-10-17-31)37(47)44(28-39)33(26-29-14-7-4-8-15-29)36(46)41-43-24-11-6-12-25-43/h4-5,7-10,13-22,33-34H,6,11-12,23-28,40H2,1-3H3,(H,41,46)/b18-13+/t33?,34-/m1/s1. The summed E-state index contributed by atoms with van der Waals surface area (Å²) in [5.41, 5.74) is 12.8. The Kier molecular flexibility index (Phi) is 13.6. The van der Waals surface area contributed by atoms with Crippen molar-refractivity contribution >= 4 is 40.3 Å². The molecular weight excluding hydrogens is 701 g/mol. The van der Waals surface area contributed by atoms with Gasteiger partial charge in [-0.25, -0.2) is 5.01 Å². The number of hydrogen-bond acceptors (Lipinski definition) is 5. The number of nitrogens with two attached hydrogens (primary N) is 1. The van der Waals surface area contributed by atoms with Crippen molar-refractivity contribution in [2.75, 3.05) is 24.7 Å². The third-order valence-electron chi connectivity index (χ3n) is 8.48. The minimum Gasteiger partial charge on any atom is -0.330 e. The summed E-state index contributed by atoms with van der Waals surface area (Å²) in [5, 5.41) is 1.96. The van der Waals surface area contributed by atoms with Crippen molar-refractivity contribution in [3.05, 3.63) is 108 Å². The summed E-state index contributed by atoms with van der Waals surface area (Å²) in [5.74, 6) is -0.783. The van der Waals surface area contributed by atoms with Crippen LogP contribution in [-0.2, 0) is 27.2 Å². The van der Waals surface area contributed by atoms with Crippen molar-refractivity contribution in [2.45, 2.75) is 70.0 Å². The lowest BCUT2D eigenvalue weighted by molar-refractivity contribution is -0.147. The number of hydrogen-bond donors (Lipinski definition) is 2. The van der Waals surface area contributed by atoms with E-state index in [2.05, 4.69) is 40.1 Å². The number of carbonyl (C=O) groups excluding carboxylic acids is 3. The van der Waals surface area contributed by atoms with Crippen molar-refractivity contribution in [1.82, 2.24) is 20.2 Å². The van der Waals surface area contributed by atoms with Crippen LogP contribution in [0.15, 0.2) is 97.1 Å². The fourth-order valence-electron chi connectivity index (χ4n) is 5.72. The molecule has 47 heavy (non-hydrogen) atoms. The fourth-order valence-corrected chi connectivity index (χ4v) is 6.53. The first-order chi connectivity index (χ1) is 22.6. The molecule has 1 fully saturated rings. The second kappa shape index (κ2) is 17.6. The van der Waals surface area contributed by atoms with Gasteiger partial charge in [-0.1, -0.05) is 120 Å². The predicted octanol–water partition coefficient (Wildman–Crippen LogP) is 5.76. The number of piperidine rings is 1. The summed E-state index contributed by atoms with van der Waals surface area (Å²) in [6.45, 7) is 5.37. The molecule has 1 aliphatic rings. The van der Waals surface area contributed by atoms with Gasteiger partial charge in [-0.15, -0.1) is 0 Å². The molecule has 3 aromatic carbocycles. The van der Waals surface area contributed by atoms with E-state index in [9.17, 15) is 14.4 Å². The Bertz CT molecular complexity index is 1470. The molecule has 3 amide bonds. The molecule has 1 aliphatic heterocycles. The molecule has 3 N–H and O–H groups in total. The molecule has 0 aromatic heterocycles. The Morgan fingerprint density at radius 2 is 1.40 bits per heavy atom. The highest BCUT2D eigenvalue weighted by Gasteiger charge is 2.37. The average Bonchev–Trinajstić information content (AvgIpc) is 3.07. The maximum atomic E-state index is 14.7. The van der Waals surface area contributed by atoms with Crippen LogP contribution in [0.25, 0.3) is 11.1 Å². The SMILES string of the molecule is CN(C(=O)/C=C/CC(C)(C)N)[C@H](Cc1ccc(-c2ccccc2)cc1)C(=O)N(CI)C(Cc1ccccc1)C(=O)NN1CCCCC1. The first-order valence-electron chi connectivity index (χ1n) is 16.4. The zero-order chi connectivity index (χ0) is 33.8. The first kappa shape index (κ1) is 36.3. The lowest BCUT2D eigenvalue weighted by Crippen LogP contribution is -2.59. The summed E-state index contributed by atoms with van der Waals surface area (Å²) in [7, 11) is 1.66. The number of nitrogens with zero attached hydrogens (tertiary/aromatic N) is 3. The number of benzene rings is 3. The summed E-state index contributed by atoms with van der Waals surface area (Å²) in [6, 6.07) is 26.4. The number of halogens is 1. The Morgan fingerprint density at radius 1 is 0.851 bits per heavy atom. The maximum Gasteiger partial charge on any atom is 0.257 e. The minimum atomic E-state index is -0.837. The molecule has 0 bridgehead atoms. The van der Waals surface area contributed by atoms with Crippen LogP contribution in [0.4, 0.5) is 0 Å². The van der Waals surface area contributed by atoms with Gasteiger partial charge in [-0.05, 0) is 61.4 Å². The van der Waals surface area contributed by atoms with Crippen LogP contribution in [0, 0.1) is 0 Å². The van der Waals surface area contributed by atoms with E-state index in [1.165, 1.54) is 11.0 Å². The molecule has 4 rings (SSSR count). The maximum absolute atomic E-state index is 14.7. The number of rotatable bonds is 14. The van der Waals surface area contributed by atoms with Crippen LogP contribution < -0.4 is 11.2 Å². The summed E-state index contributed by atoms with van der Waals surface area (Å²) in [6.07, 6.45) is 7.60. The van der Waals surface area contributed by atoms with E-state index in [1.807, 2.05) is 91.7 Å². The lowest BCUT2D eigenvalue weighted by atomic mass is 9.98. The quantitative estimate of drug-likeness (QED) is 0.0947. The number of carbonyl (C=O) groups is 3. The number of alkyl halides is 1. The number of nitrogens with one attached hydrogen (secondary N) is 1. The third kappa shape index (κ3) is 11.0. The first-order valence-corrected chi connectivity index (χ1v) is 17.9. The van der Waals surface area contributed by atoms with Crippen molar-refractivity contribution in [1.29, 1.82) is 0 Å². The fraction of sp³-hybridized carbons (Fsp3) is 0.395. The largest absolute Gasteiger partial charge is 0.330 e. The van der Waals surface area contributed by atoms with Crippen LogP contribution in [-0.4, -0.2) is 74.8 Å². The molecule has 1 saturated heterocycles. The second-order valence-corrected chi connectivity index (χ2v) is 13.7. The number of hydrazine groups is 1. The smallest absolute Gasteiger partial charge is 0.257 e. The van der Waals surface area contributed by atoms with Gasteiger partial charge in [0, 0.05) is 38.5 Å². The van der Waals surface area contributed by atoms with Crippen LogP contribution >= 0.6 is 22.6 Å². The van der Waals surface area contributed by atoms with Gasteiger partial charge in [0.1, 0.15) is 12.1 Å². The molecule has 0 saturated carbocycles. The van der Waals surface area contributed by atoms with Crippen molar-refractivity contribution in [3.8, 4) is 11.1 Å². The Hall–Kier alpha value is -3.54. The summed E-state index contributed by atoms with van der Waals surface area (Å²) < 4.78 is 0.282. The van der Waals surface area contributed by atoms with E-state index < -0.39 is 17.6 Å². The van der Waals surface area contributed by atoms with E-state index in [1.54, 1.807) is 18.0 Å².